The van der Waals surface area contributed by atoms with Crippen molar-refractivity contribution in [1.82, 2.24) is 15.3 Å². The summed E-state index contributed by atoms with van der Waals surface area (Å²) in [5.74, 6) is -0.939. The number of halogens is 2. The molecule has 0 unspecified atom stereocenters. The van der Waals surface area contributed by atoms with Gasteiger partial charge in [-0.05, 0) is 61.6 Å². The first-order valence-electron chi connectivity index (χ1n) is 30.5. The molecule has 0 bridgehead atoms. The first-order valence-corrected chi connectivity index (χ1v) is 32.7. The van der Waals surface area contributed by atoms with Crippen LogP contribution in [0, 0.1) is 5.92 Å². The van der Waals surface area contributed by atoms with E-state index in [2.05, 4.69) is 59.4 Å². The number of aromatic nitrogens is 2. The first kappa shape index (κ1) is 77.7. The lowest BCUT2D eigenvalue weighted by atomic mass is 9.94. The number of fused-ring (bicyclic) bond motifs is 1. The van der Waals surface area contributed by atoms with E-state index in [1.165, 1.54) is 0 Å². The van der Waals surface area contributed by atoms with Crippen LogP contribution in [0.1, 0.15) is 85.6 Å². The van der Waals surface area contributed by atoms with Crippen LogP contribution >= 0.6 is 31.9 Å². The average Bonchev–Trinajstić information content (AvgIpc) is 2.48. The number of carbonyl (C=O) groups is 4. The summed E-state index contributed by atoms with van der Waals surface area (Å²) in [5, 5.41) is 7.07. The highest BCUT2D eigenvalue weighted by Crippen LogP contribution is 2.21. The third kappa shape index (κ3) is 41.4. The molecule has 87 heavy (non-hydrogen) atoms. The van der Waals surface area contributed by atoms with Crippen molar-refractivity contribution >= 4 is 72.0 Å². The van der Waals surface area contributed by atoms with Crippen molar-refractivity contribution in [2.24, 2.45) is 5.92 Å². The van der Waals surface area contributed by atoms with Gasteiger partial charge < -0.3 is 81.7 Å². The number of hydrogen-bond donors (Lipinski definition) is 2. The topological polar surface area (TPSA) is 257 Å². The van der Waals surface area contributed by atoms with Gasteiger partial charge in [0.05, 0.1) is 207 Å². The van der Waals surface area contributed by atoms with Crippen molar-refractivity contribution < 1.29 is 90.2 Å². The number of nitrogens with one attached hydrogen (secondary N) is 2. The van der Waals surface area contributed by atoms with E-state index >= 15 is 0 Å². The van der Waals surface area contributed by atoms with Gasteiger partial charge in [-0.1, -0.05) is 57.3 Å². The Labute approximate surface area is 531 Å². The molecule has 1 aromatic heterocycles. The maximum Gasteiger partial charge on any atom is 0.227 e. The van der Waals surface area contributed by atoms with Crippen LogP contribution in [0.25, 0.3) is 11.0 Å². The summed E-state index contributed by atoms with van der Waals surface area (Å²) in [6.07, 6.45) is 4.01. The zero-order valence-electron chi connectivity index (χ0n) is 51.5. The van der Waals surface area contributed by atoms with Gasteiger partial charge in [0.2, 0.25) is 11.8 Å². The van der Waals surface area contributed by atoms with Crippen LogP contribution in [0.3, 0.4) is 0 Å². The summed E-state index contributed by atoms with van der Waals surface area (Å²) in [4.78, 5) is 61.2. The van der Waals surface area contributed by atoms with Crippen LogP contribution in [0.15, 0.2) is 42.5 Å². The monoisotopic (exact) mass is 1360 g/mol. The molecule has 0 saturated carbocycles. The van der Waals surface area contributed by atoms with Gasteiger partial charge >= 0.3 is 0 Å². The molecule has 1 atom stereocenters. The van der Waals surface area contributed by atoms with Crippen molar-refractivity contribution in [2.45, 2.75) is 75.4 Å². The molecule has 2 N–H and O–H groups in total. The van der Waals surface area contributed by atoms with Gasteiger partial charge in [0.1, 0.15) is 5.78 Å². The fourth-order valence-corrected chi connectivity index (χ4v) is 8.83. The highest BCUT2D eigenvalue weighted by atomic mass is 79.9. The van der Waals surface area contributed by atoms with Gasteiger partial charge in [-0.3, -0.25) is 19.2 Å². The van der Waals surface area contributed by atoms with Gasteiger partial charge in [-0.2, -0.15) is 0 Å². The Morgan fingerprint density at radius 3 is 1.31 bits per heavy atom. The smallest absolute Gasteiger partial charge is 0.227 e. The van der Waals surface area contributed by atoms with E-state index in [4.69, 9.17) is 71.1 Å². The number of rotatable bonds is 62. The van der Waals surface area contributed by atoms with Gasteiger partial charge in [0.25, 0.3) is 0 Å². The van der Waals surface area contributed by atoms with E-state index < -0.39 is 5.92 Å². The lowest BCUT2D eigenvalue weighted by Crippen LogP contribution is -2.27. The third-order valence-corrected chi connectivity index (χ3v) is 13.8. The number of unbranched alkanes of at least 4 members (excludes halogenated alkanes) is 1. The van der Waals surface area contributed by atoms with Crippen LogP contribution < -0.4 is 10.6 Å². The third-order valence-electron chi connectivity index (χ3n) is 12.8. The van der Waals surface area contributed by atoms with E-state index in [0.29, 0.717) is 244 Å². The second-order valence-corrected chi connectivity index (χ2v) is 20.6. The number of anilines is 1. The number of benzene rings is 2. The Kier molecular flexibility index (Phi) is 49.3. The molecule has 0 aliphatic carbocycles. The van der Waals surface area contributed by atoms with Crippen molar-refractivity contribution in [3.63, 3.8) is 0 Å². The Bertz CT molecular complexity index is 2210. The van der Waals surface area contributed by atoms with E-state index in [0.717, 1.165) is 28.9 Å². The molecule has 23 nitrogen and oxygen atoms in total. The molecule has 0 aliphatic heterocycles. The lowest BCUT2D eigenvalue weighted by molar-refractivity contribution is -0.127. The normalized spacial score (nSPS) is 11.9. The molecule has 25 heteroatoms. The number of alkyl halides is 2. The SMILES string of the molecule is CCc1ccc(NC(=O)[C@H](CCCCNC(=O)CCOCCOCCOCCOCCOCCOCCOCCOCCOCCOCCOCCOCCOC)CC(=O)CCOCCOCCCC(=O)c2ccc3nc(CBr)c(CBr)nc3c2)cc1. The molecule has 3 rings (SSSR count). The molecule has 0 radical (unpaired) electrons. The van der Waals surface area contributed by atoms with E-state index in [1.54, 1.807) is 19.2 Å². The number of ether oxygens (including phenoxy) is 15. The quantitative estimate of drug-likeness (QED) is 0.0324. The van der Waals surface area contributed by atoms with Crippen LogP contribution in [0.5, 0.6) is 0 Å². The predicted octanol–water partition coefficient (Wildman–Crippen LogP) is 7.10. The highest BCUT2D eigenvalue weighted by Gasteiger charge is 2.22. The minimum absolute atomic E-state index is 0.00937. The minimum atomic E-state index is -0.537. The average molecular weight is 1360 g/mol. The number of amides is 2. The maximum atomic E-state index is 13.5. The summed E-state index contributed by atoms with van der Waals surface area (Å²) in [7, 11) is 1.64. The Morgan fingerprint density at radius 1 is 0.460 bits per heavy atom. The van der Waals surface area contributed by atoms with Crippen LogP contribution in [0.4, 0.5) is 5.69 Å². The maximum absolute atomic E-state index is 13.5. The second-order valence-electron chi connectivity index (χ2n) is 19.5. The second kappa shape index (κ2) is 55.3. The van der Waals surface area contributed by atoms with E-state index in [1.807, 2.05) is 30.3 Å². The van der Waals surface area contributed by atoms with Gasteiger partial charge in [-0.25, -0.2) is 9.97 Å². The molecule has 2 amide bonds. The van der Waals surface area contributed by atoms with Gasteiger partial charge in [-0.15, -0.1) is 0 Å². The van der Waals surface area contributed by atoms with E-state index in [-0.39, 0.29) is 55.9 Å². The molecular formula is C62H98Br2N4O19. The fraction of sp³-hybridized carbons (Fsp3) is 0.710. The number of aryl methyl sites for hydroxylation is 1. The van der Waals surface area contributed by atoms with E-state index in [9.17, 15) is 19.2 Å². The fourth-order valence-electron chi connectivity index (χ4n) is 7.93. The number of methoxy groups -OCH3 is 1. The highest BCUT2D eigenvalue weighted by molar-refractivity contribution is 9.09. The Balaban J connectivity index is 1.08. The van der Waals surface area contributed by atoms with Gasteiger partial charge in [0.15, 0.2) is 5.78 Å². The molecule has 2 aromatic carbocycles. The van der Waals surface area contributed by atoms with Crippen molar-refractivity contribution in [3.8, 4) is 0 Å². The van der Waals surface area contributed by atoms with Gasteiger partial charge in [0, 0.05) is 73.8 Å². The first-order chi connectivity index (χ1) is 42.8. The molecule has 0 saturated heterocycles. The number of hydrogen-bond acceptors (Lipinski definition) is 21. The number of Topliss-reactive ketones (excluding diaryl/α,β-unsaturated/α-hetero) is 2. The summed E-state index contributed by atoms with van der Waals surface area (Å²) < 4.78 is 82.2. The lowest BCUT2D eigenvalue weighted by Gasteiger charge is -2.17. The summed E-state index contributed by atoms with van der Waals surface area (Å²) in [5.41, 5.74) is 5.54. The molecule has 0 spiro atoms. The molecule has 0 aliphatic rings. The van der Waals surface area contributed by atoms with Crippen molar-refractivity contribution in [2.75, 3.05) is 211 Å². The largest absolute Gasteiger partial charge is 0.382 e. The standard InChI is InChI=1S/C62H98Br2N4O19/c1-3-51-9-12-54(13-10-51)66-62(72)53(47-55(69)15-19-75-24-23-74-18-6-8-60(70)52-11-14-56-57(48-52)68-59(50-64)58(49-63)67-56)7-4-5-17-65-61(71)16-20-76-25-26-78-29-30-80-33-34-82-37-38-84-41-42-86-45-46-87-44-43-85-40-39-83-36-35-81-32-31-79-28-27-77-22-21-73-2/h9-14,48,53H,3-8,15-47,49-50H2,1-2H3,(H,65,71)(H,66,72)/t53-/m1/s1. The van der Waals surface area contributed by atoms with Crippen LogP contribution in [-0.4, -0.2) is 239 Å². The molecule has 1 heterocycles. The summed E-state index contributed by atoms with van der Waals surface area (Å²) in [6, 6.07) is 13.1. The van der Waals surface area contributed by atoms with Crippen molar-refractivity contribution in [3.05, 3.63) is 65.0 Å². The number of nitrogens with zero attached hydrogens (tertiary/aromatic N) is 2. The van der Waals surface area contributed by atoms with Crippen LogP contribution in [-0.2, 0) is 103 Å². The molecule has 0 fully saturated rings. The number of carbonyl (C=O) groups excluding carboxylic acids is 4. The minimum Gasteiger partial charge on any atom is -0.382 e. The van der Waals surface area contributed by atoms with Crippen molar-refractivity contribution in [1.29, 1.82) is 0 Å². The molecule has 3 aromatic rings. The summed E-state index contributed by atoms with van der Waals surface area (Å²) >= 11 is 6.91. The Hall–Kier alpha value is -3.58. The summed E-state index contributed by atoms with van der Waals surface area (Å²) in [6.45, 7) is 15.4. The van der Waals surface area contributed by atoms with Crippen LogP contribution in [0.2, 0.25) is 0 Å². The predicted molar refractivity (Wildman–Crippen MR) is 335 cm³/mol. The number of ketones is 2. The zero-order chi connectivity index (χ0) is 62.3. The molecular weight excluding hydrogens is 1260 g/mol. The molecule has 494 valence electrons. The zero-order valence-corrected chi connectivity index (χ0v) is 54.7. The Morgan fingerprint density at radius 2 is 0.874 bits per heavy atom.